The van der Waals surface area contributed by atoms with Gasteiger partial charge in [-0.15, -0.1) is 0 Å². The largest absolute Gasteiger partial charge is 0.395 e. The van der Waals surface area contributed by atoms with Crippen molar-refractivity contribution in [1.82, 2.24) is 5.32 Å². The summed E-state index contributed by atoms with van der Waals surface area (Å²) in [6.45, 7) is 2.48. The Morgan fingerprint density at radius 1 is 1.73 bits per heavy atom. The molecule has 0 saturated heterocycles. The van der Waals surface area contributed by atoms with Gasteiger partial charge in [-0.1, -0.05) is 6.92 Å². The molecule has 66 valence electrons. The number of nitrogens with one attached hydrogen (secondary N) is 1. The Balaban J connectivity index is 3.47. The van der Waals surface area contributed by atoms with Crippen LogP contribution in [0.15, 0.2) is 0 Å². The molecule has 0 aliphatic rings. The van der Waals surface area contributed by atoms with Gasteiger partial charge in [0.15, 0.2) is 0 Å². The summed E-state index contributed by atoms with van der Waals surface area (Å²) in [5.41, 5.74) is 0. The van der Waals surface area contributed by atoms with Crippen LogP contribution in [0.4, 0.5) is 0 Å². The zero-order valence-electron chi connectivity index (χ0n) is 6.96. The molecule has 0 aliphatic heterocycles. The molecule has 0 saturated carbocycles. The van der Waals surface area contributed by atoms with Crippen molar-refractivity contribution in [2.75, 3.05) is 26.9 Å². The second kappa shape index (κ2) is 6.12. The number of carbonyl (C=O) groups excluding carboxylic acids is 1. The number of aliphatic hydroxyl groups excluding tert-OH is 1. The van der Waals surface area contributed by atoms with E-state index in [0.29, 0.717) is 13.2 Å². The van der Waals surface area contributed by atoms with Crippen molar-refractivity contribution >= 4 is 5.91 Å². The fraction of sp³-hybridized carbons (Fsp3) is 0.857. The molecule has 0 bridgehead atoms. The number of hydrogen-bond acceptors (Lipinski definition) is 3. The van der Waals surface area contributed by atoms with Crippen molar-refractivity contribution in [2.24, 2.45) is 5.92 Å². The van der Waals surface area contributed by atoms with Crippen LogP contribution in [-0.2, 0) is 9.53 Å². The van der Waals surface area contributed by atoms with Crippen molar-refractivity contribution in [2.45, 2.75) is 6.92 Å². The number of carbonyl (C=O) groups is 1. The third kappa shape index (κ3) is 4.75. The molecule has 0 fully saturated rings. The second-order valence-corrected chi connectivity index (χ2v) is 2.37. The Bertz CT molecular complexity index is 116. The standard InChI is InChI=1S/C7H15NO3/c1-6(5-11-2)7(10)8-3-4-9/h6,9H,3-5H2,1-2H3,(H,8,10). The first-order chi connectivity index (χ1) is 5.22. The molecule has 0 aromatic heterocycles. The SMILES string of the molecule is COCC(C)C(=O)NCCO. The summed E-state index contributed by atoms with van der Waals surface area (Å²) in [5, 5.41) is 10.9. The minimum atomic E-state index is -0.147. The van der Waals surface area contributed by atoms with Gasteiger partial charge in [0.2, 0.25) is 5.91 Å². The maximum Gasteiger partial charge on any atom is 0.225 e. The van der Waals surface area contributed by atoms with Crippen molar-refractivity contribution in [1.29, 1.82) is 0 Å². The van der Waals surface area contributed by atoms with E-state index >= 15 is 0 Å². The molecule has 4 nitrogen and oxygen atoms in total. The van der Waals surface area contributed by atoms with Crippen molar-refractivity contribution in [3.63, 3.8) is 0 Å². The van der Waals surface area contributed by atoms with Crippen LogP contribution in [0.25, 0.3) is 0 Å². The van der Waals surface area contributed by atoms with Gasteiger partial charge >= 0.3 is 0 Å². The van der Waals surface area contributed by atoms with Gasteiger partial charge in [-0.2, -0.15) is 0 Å². The molecular formula is C7H15NO3. The van der Waals surface area contributed by atoms with Crippen LogP contribution in [0, 0.1) is 5.92 Å². The maximum absolute atomic E-state index is 11.0. The van der Waals surface area contributed by atoms with Crippen molar-refractivity contribution in [3.05, 3.63) is 0 Å². The van der Waals surface area contributed by atoms with Crippen molar-refractivity contribution < 1.29 is 14.6 Å². The molecule has 0 aliphatic carbocycles. The molecule has 1 unspecified atom stereocenters. The molecule has 0 rings (SSSR count). The fourth-order valence-corrected chi connectivity index (χ4v) is 0.679. The van der Waals surface area contributed by atoms with Crippen molar-refractivity contribution in [3.8, 4) is 0 Å². The minimum absolute atomic E-state index is 0.0224. The number of methoxy groups -OCH3 is 1. The second-order valence-electron chi connectivity index (χ2n) is 2.37. The number of ether oxygens (including phenoxy) is 1. The molecule has 1 atom stereocenters. The minimum Gasteiger partial charge on any atom is -0.395 e. The van der Waals surface area contributed by atoms with Gasteiger partial charge in [-0.3, -0.25) is 4.79 Å². The smallest absolute Gasteiger partial charge is 0.225 e. The molecule has 0 radical (unpaired) electrons. The summed E-state index contributed by atoms with van der Waals surface area (Å²) >= 11 is 0. The zero-order valence-corrected chi connectivity index (χ0v) is 6.96. The van der Waals surface area contributed by atoms with E-state index in [9.17, 15) is 4.79 Å². The van der Waals surface area contributed by atoms with Crippen LogP contribution in [0.3, 0.4) is 0 Å². The van der Waals surface area contributed by atoms with E-state index in [1.165, 1.54) is 0 Å². The Labute approximate surface area is 66.5 Å². The highest BCUT2D eigenvalue weighted by Gasteiger charge is 2.10. The number of rotatable bonds is 5. The first-order valence-electron chi connectivity index (χ1n) is 3.60. The van der Waals surface area contributed by atoms with Crippen LogP contribution in [0.1, 0.15) is 6.92 Å². The summed E-state index contributed by atoms with van der Waals surface area (Å²) < 4.78 is 4.78. The van der Waals surface area contributed by atoms with E-state index in [1.807, 2.05) is 0 Å². The van der Waals surface area contributed by atoms with E-state index in [4.69, 9.17) is 9.84 Å². The Morgan fingerprint density at radius 3 is 2.82 bits per heavy atom. The topological polar surface area (TPSA) is 58.6 Å². The third-order valence-corrected chi connectivity index (χ3v) is 1.28. The highest BCUT2D eigenvalue weighted by atomic mass is 16.5. The summed E-state index contributed by atoms with van der Waals surface area (Å²) in [4.78, 5) is 11.0. The molecule has 1 amide bonds. The number of aliphatic hydroxyl groups is 1. The Morgan fingerprint density at radius 2 is 2.36 bits per heavy atom. The predicted octanol–water partition coefficient (Wildman–Crippen LogP) is -0.623. The van der Waals surface area contributed by atoms with E-state index in [1.54, 1.807) is 14.0 Å². The number of amides is 1. The van der Waals surface area contributed by atoms with E-state index in [-0.39, 0.29) is 18.4 Å². The molecule has 0 aromatic rings. The van der Waals surface area contributed by atoms with Crippen LogP contribution >= 0.6 is 0 Å². The first-order valence-corrected chi connectivity index (χ1v) is 3.60. The number of hydrogen-bond donors (Lipinski definition) is 2. The van der Waals surface area contributed by atoms with Gasteiger partial charge < -0.3 is 15.2 Å². The lowest BCUT2D eigenvalue weighted by molar-refractivity contribution is -0.126. The third-order valence-electron chi connectivity index (χ3n) is 1.28. The quantitative estimate of drug-likeness (QED) is 0.565. The summed E-state index contributed by atoms with van der Waals surface area (Å²) in [6, 6.07) is 0. The summed E-state index contributed by atoms with van der Waals surface area (Å²) in [5.74, 6) is -0.229. The van der Waals surface area contributed by atoms with Gasteiger partial charge in [-0.25, -0.2) is 0 Å². The average Bonchev–Trinajstić information content (AvgIpc) is 2.00. The van der Waals surface area contributed by atoms with E-state index in [0.717, 1.165) is 0 Å². The molecule has 2 N–H and O–H groups in total. The van der Waals surface area contributed by atoms with Crippen LogP contribution in [-0.4, -0.2) is 37.9 Å². The summed E-state index contributed by atoms with van der Waals surface area (Å²) in [7, 11) is 1.55. The van der Waals surface area contributed by atoms with Gasteiger partial charge in [0.25, 0.3) is 0 Å². The Hall–Kier alpha value is -0.610. The normalized spacial score (nSPS) is 12.6. The molecule has 11 heavy (non-hydrogen) atoms. The first kappa shape index (κ1) is 10.4. The van der Waals surface area contributed by atoms with Crippen LogP contribution < -0.4 is 5.32 Å². The lowest BCUT2D eigenvalue weighted by Gasteiger charge is -2.09. The lowest BCUT2D eigenvalue weighted by atomic mass is 10.2. The molecule has 0 aromatic carbocycles. The van der Waals surface area contributed by atoms with Crippen LogP contribution in [0.2, 0.25) is 0 Å². The lowest BCUT2D eigenvalue weighted by Crippen LogP contribution is -2.33. The average molecular weight is 161 g/mol. The maximum atomic E-state index is 11.0. The highest BCUT2D eigenvalue weighted by Crippen LogP contribution is 1.93. The molecule has 0 spiro atoms. The van der Waals surface area contributed by atoms with Gasteiger partial charge in [-0.05, 0) is 0 Å². The van der Waals surface area contributed by atoms with E-state index in [2.05, 4.69) is 5.32 Å². The van der Waals surface area contributed by atoms with E-state index < -0.39 is 0 Å². The monoisotopic (exact) mass is 161 g/mol. The molecule has 0 heterocycles. The summed E-state index contributed by atoms with van der Waals surface area (Å²) in [6.07, 6.45) is 0. The van der Waals surface area contributed by atoms with Gasteiger partial charge in [0.1, 0.15) is 0 Å². The fourth-order valence-electron chi connectivity index (χ4n) is 0.679. The molecular weight excluding hydrogens is 146 g/mol. The zero-order chi connectivity index (χ0) is 8.69. The van der Waals surface area contributed by atoms with Gasteiger partial charge in [0.05, 0.1) is 19.1 Å². The molecule has 4 heteroatoms. The Kier molecular flexibility index (Phi) is 5.78. The van der Waals surface area contributed by atoms with Gasteiger partial charge in [0, 0.05) is 13.7 Å². The van der Waals surface area contributed by atoms with Crippen LogP contribution in [0.5, 0.6) is 0 Å². The highest BCUT2D eigenvalue weighted by molar-refractivity contribution is 5.78. The predicted molar refractivity (Wildman–Crippen MR) is 41.1 cm³/mol.